The van der Waals surface area contributed by atoms with Crippen molar-refractivity contribution in [1.82, 2.24) is 19.9 Å². The number of carboxylic acids is 1. The summed E-state index contributed by atoms with van der Waals surface area (Å²) in [6.45, 7) is 4.98. The third-order valence-corrected chi connectivity index (χ3v) is 6.46. The van der Waals surface area contributed by atoms with Gasteiger partial charge in [0, 0.05) is 43.5 Å². The van der Waals surface area contributed by atoms with Gasteiger partial charge in [0.05, 0.1) is 12.2 Å². The molecule has 0 radical (unpaired) electrons. The van der Waals surface area contributed by atoms with Crippen molar-refractivity contribution in [2.75, 3.05) is 38.2 Å². The number of ether oxygens (including phenoxy) is 1. The molecule has 1 atom stereocenters. The van der Waals surface area contributed by atoms with Crippen LogP contribution < -0.4 is 5.32 Å². The molecule has 204 valence electrons. The van der Waals surface area contributed by atoms with Gasteiger partial charge in [0.1, 0.15) is 6.04 Å². The SMILES string of the molecule is CCOCCN(CCCCc1ccc2c(n1)CCCC2)CC[C@H](Nc1ncc(C(F)(F)F)cn1)C(=O)O. The van der Waals surface area contributed by atoms with Gasteiger partial charge in [-0.15, -0.1) is 0 Å². The van der Waals surface area contributed by atoms with Crippen LogP contribution >= 0.6 is 0 Å². The van der Waals surface area contributed by atoms with Crippen LogP contribution in [0.15, 0.2) is 24.5 Å². The highest BCUT2D eigenvalue weighted by atomic mass is 19.4. The molecule has 0 aliphatic heterocycles. The smallest absolute Gasteiger partial charge is 0.419 e. The highest BCUT2D eigenvalue weighted by molar-refractivity contribution is 5.76. The van der Waals surface area contributed by atoms with E-state index < -0.39 is 23.8 Å². The van der Waals surface area contributed by atoms with Crippen LogP contribution in [-0.4, -0.2) is 69.8 Å². The fourth-order valence-electron chi connectivity index (χ4n) is 4.36. The molecule has 2 aromatic heterocycles. The van der Waals surface area contributed by atoms with E-state index in [4.69, 9.17) is 9.72 Å². The largest absolute Gasteiger partial charge is 0.480 e. The Bertz CT molecular complexity index is 988. The maximum Gasteiger partial charge on any atom is 0.419 e. The third-order valence-electron chi connectivity index (χ3n) is 6.46. The van der Waals surface area contributed by atoms with Gasteiger partial charge in [0.25, 0.3) is 0 Å². The van der Waals surface area contributed by atoms with E-state index in [0.717, 1.165) is 44.3 Å². The molecule has 11 heteroatoms. The molecule has 0 aromatic carbocycles. The van der Waals surface area contributed by atoms with E-state index >= 15 is 0 Å². The quantitative estimate of drug-likeness (QED) is 0.332. The van der Waals surface area contributed by atoms with Crippen LogP contribution in [0.3, 0.4) is 0 Å². The first-order chi connectivity index (χ1) is 17.8. The molecule has 0 fully saturated rings. The predicted octanol–water partition coefficient (Wildman–Crippen LogP) is 4.39. The van der Waals surface area contributed by atoms with Gasteiger partial charge in [-0.3, -0.25) is 4.98 Å². The van der Waals surface area contributed by atoms with Crippen molar-refractivity contribution < 1.29 is 27.8 Å². The molecular weight excluding hydrogens is 487 g/mol. The highest BCUT2D eigenvalue weighted by Gasteiger charge is 2.31. The molecular formula is C26H36F3N5O3. The number of hydrogen-bond acceptors (Lipinski definition) is 7. The van der Waals surface area contributed by atoms with Crippen LogP contribution in [0.4, 0.5) is 19.1 Å². The maximum atomic E-state index is 12.7. The highest BCUT2D eigenvalue weighted by Crippen LogP contribution is 2.28. The summed E-state index contributed by atoms with van der Waals surface area (Å²) in [5.41, 5.74) is 2.75. The van der Waals surface area contributed by atoms with Gasteiger partial charge >= 0.3 is 12.1 Å². The molecule has 37 heavy (non-hydrogen) atoms. The first kappa shape index (κ1) is 28.8. The van der Waals surface area contributed by atoms with Crippen LogP contribution in [-0.2, 0) is 35.0 Å². The Kier molecular flexibility index (Phi) is 11.1. The number of carboxylic acid groups (broad SMARTS) is 1. The van der Waals surface area contributed by atoms with E-state index in [1.54, 1.807) is 0 Å². The number of carbonyl (C=O) groups is 1. The molecule has 0 amide bonds. The third kappa shape index (κ3) is 9.55. The number of hydrogen-bond donors (Lipinski definition) is 2. The summed E-state index contributed by atoms with van der Waals surface area (Å²) < 4.78 is 43.7. The standard InChI is InChI=1S/C26H36F3N5O3/c1-2-37-16-15-34(13-6-5-8-21-11-10-19-7-3-4-9-22(19)32-21)14-12-23(24(35)36)33-25-30-17-20(18-31-25)26(27,28)29/h10-11,17-18,23H,2-9,12-16H2,1H3,(H,35,36)(H,30,31,33)/t23-/m0/s1. The zero-order valence-corrected chi connectivity index (χ0v) is 21.3. The summed E-state index contributed by atoms with van der Waals surface area (Å²) >= 11 is 0. The molecule has 0 unspecified atom stereocenters. The van der Waals surface area contributed by atoms with E-state index in [2.05, 4.69) is 32.3 Å². The molecule has 2 heterocycles. The summed E-state index contributed by atoms with van der Waals surface area (Å²) in [5.74, 6) is -1.27. The van der Waals surface area contributed by atoms with Crippen LogP contribution in [0.2, 0.25) is 0 Å². The second kappa shape index (κ2) is 14.2. The second-order valence-electron chi connectivity index (χ2n) is 9.23. The number of aromatic nitrogens is 3. The van der Waals surface area contributed by atoms with Crippen LogP contribution in [0.1, 0.15) is 61.5 Å². The monoisotopic (exact) mass is 523 g/mol. The molecule has 2 N–H and O–H groups in total. The minimum absolute atomic E-state index is 0.154. The molecule has 1 aliphatic carbocycles. The van der Waals surface area contributed by atoms with Gasteiger partial charge in [-0.1, -0.05) is 6.07 Å². The number of rotatable bonds is 15. The molecule has 3 rings (SSSR count). The van der Waals surface area contributed by atoms with E-state index in [0.29, 0.717) is 38.7 Å². The van der Waals surface area contributed by atoms with Crippen molar-refractivity contribution in [3.05, 3.63) is 47.0 Å². The van der Waals surface area contributed by atoms with E-state index in [1.807, 2.05) is 6.92 Å². The first-order valence-corrected chi connectivity index (χ1v) is 12.9. The average molecular weight is 524 g/mol. The lowest BCUT2D eigenvalue weighted by atomic mass is 9.95. The molecule has 0 saturated carbocycles. The minimum Gasteiger partial charge on any atom is -0.480 e. The number of anilines is 1. The number of nitrogens with one attached hydrogen (secondary N) is 1. The van der Waals surface area contributed by atoms with Crippen LogP contribution in [0, 0.1) is 0 Å². The second-order valence-corrected chi connectivity index (χ2v) is 9.23. The molecule has 1 aliphatic rings. The average Bonchev–Trinajstić information content (AvgIpc) is 2.88. The molecule has 0 saturated heterocycles. The zero-order valence-electron chi connectivity index (χ0n) is 21.3. The topological polar surface area (TPSA) is 100 Å². The number of pyridine rings is 1. The van der Waals surface area contributed by atoms with Crippen LogP contribution in [0.25, 0.3) is 0 Å². The fraction of sp³-hybridized carbons (Fsp3) is 0.615. The number of aryl methyl sites for hydroxylation is 3. The number of fused-ring (bicyclic) bond motifs is 1. The fourth-order valence-corrected chi connectivity index (χ4v) is 4.36. The Balaban J connectivity index is 1.49. The predicted molar refractivity (Wildman–Crippen MR) is 133 cm³/mol. The Morgan fingerprint density at radius 1 is 1.14 bits per heavy atom. The number of nitrogens with zero attached hydrogens (tertiary/aromatic N) is 4. The Morgan fingerprint density at radius 3 is 2.59 bits per heavy atom. The van der Waals surface area contributed by atoms with Crippen molar-refractivity contribution in [3.63, 3.8) is 0 Å². The summed E-state index contributed by atoms with van der Waals surface area (Å²) in [5, 5.41) is 12.3. The molecule has 8 nitrogen and oxygen atoms in total. The number of aliphatic carboxylic acids is 1. The van der Waals surface area contributed by atoms with Crippen molar-refractivity contribution in [2.45, 2.75) is 70.5 Å². The Morgan fingerprint density at radius 2 is 1.89 bits per heavy atom. The lowest BCUT2D eigenvalue weighted by Crippen LogP contribution is -2.37. The van der Waals surface area contributed by atoms with Gasteiger partial charge < -0.3 is 20.1 Å². The van der Waals surface area contributed by atoms with E-state index in [9.17, 15) is 23.1 Å². The lowest BCUT2D eigenvalue weighted by Gasteiger charge is -2.24. The summed E-state index contributed by atoms with van der Waals surface area (Å²) in [6, 6.07) is 3.31. The van der Waals surface area contributed by atoms with Crippen molar-refractivity contribution in [2.24, 2.45) is 0 Å². The van der Waals surface area contributed by atoms with Crippen molar-refractivity contribution >= 4 is 11.9 Å². The van der Waals surface area contributed by atoms with Crippen molar-refractivity contribution in [3.8, 4) is 0 Å². The normalized spacial score (nSPS) is 14.4. The van der Waals surface area contributed by atoms with Gasteiger partial charge in [0.15, 0.2) is 0 Å². The van der Waals surface area contributed by atoms with Crippen molar-refractivity contribution in [1.29, 1.82) is 0 Å². The Hall–Kier alpha value is -2.79. The van der Waals surface area contributed by atoms with E-state index in [1.165, 1.54) is 24.1 Å². The number of alkyl halides is 3. The summed E-state index contributed by atoms with van der Waals surface area (Å²) in [6.07, 6.45) is 4.38. The van der Waals surface area contributed by atoms with Gasteiger partial charge in [-0.05, 0) is 76.5 Å². The number of halogens is 3. The van der Waals surface area contributed by atoms with E-state index in [-0.39, 0.29) is 12.4 Å². The first-order valence-electron chi connectivity index (χ1n) is 12.9. The van der Waals surface area contributed by atoms with Gasteiger partial charge in [0.2, 0.25) is 5.95 Å². The molecule has 2 aromatic rings. The minimum atomic E-state index is -4.55. The molecule has 0 spiro atoms. The zero-order chi connectivity index (χ0) is 26.7. The Labute approximate surface area is 215 Å². The van der Waals surface area contributed by atoms with Gasteiger partial charge in [-0.25, -0.2) is 14.8 Å². The summed E-state index contributed by atoms with van der Waals surface area (Å²) in [4.78, 5) is 26.0. The van der Waals surface area contributed by atoms with Gasteiger partial charge in [-0.2, -0.15) is 13.2 Å². The summed E-state index contributed by atoms with van der Waals surface area (Å²) in [7, 11) is 0. The lowest BCUT2D eigenvalue weighted by molar-refractivity contribution is -0.139. The number of unbranched alkanes of at least 4 members (excludes halogenated alkanes) is 1. The maximum absolute atomic E-state index is 12.7. The molecule has 0 bridgehead atoms. The van der Waals surface area contributed by atoms with Crippen LogP contribution in [0.5, 0.6) is 0 Å².